The van der Waals surface area contributed by atoms with Crippen molar-refractivity contribution in [2.45, 2.75) is 19.3 Å². The fourth-order valence-corrected chi connectivity index (χ4v) is 5.12. The molecule has 0 radical (unpaired) electrons. The largest absolute Gasteiger partial charge is 0.488 e. The molecule has 11 heteroatoms. The van der Waals surface area contributed by atoms with Crippen molar-refractivity contribution in [2.75, 3.05) is 18.2 Å². The number of carbonyl (C=O) groups excluding carboxylic acids is 1. The molecule has 0 saturated carbocycles. The fraction of sp³-hybridized carbons (Fsp3) is 0.179. The Bertz CT molecular complexity index is 1510. The van der Waals surface area contributed by atoms with Gasteiger partial charge in [0.1, 0.15) is 23.9 Å². The molecule has 0 fully saturated rings. The maximum Gasteiger partial charge on any atom is 0.439 e. The van der Waals surface area contributed by atoms with Gasteiger partial charge in [0.25, 0.3) is 0 Å². The lowest BCUT2D eigenvalue weighted by atomic mass is 10.1. The van der Waals surface area contributed by atoms with Crippen LogP contribution in [0, 0.1) is 11.6 Å². The number of ether oxygens (including phenoxy) is 2. The second kappa shape index (κ2) is 12.5. The lowest BCUT2D eigenvalue weighted by Crippen LogP contribution is -2.14. The van der Waals surface area contributed by atoms with Crippen LogP contribution in [0.5, 0.6) is 5.75 Å². The third kappa shape index (κ3) is 7.88. The topological polar surface area (TPSA) is 106 Å². The monoisotopic (exact) mass is 554 g/mol. The highest BCUT2D eigenvalue weighted by molar-refractivity contribution is 7.98. The Morgan fingerprint density at radius 2 is 1.82 bits per heavy atom. The molecular weight excluding hydrogens is 526 g/mol. The summed E-state index contributed by atoms with van der Waals surface area (Å²) in [4.78, 5) is 20.0. The molecule has 0 saturated heterocycles. The van der Waals surface area contributed by atoms with Gasteiger partial charge in [-0.15, -0.1) is 0 Å². The van der Waals surface area contributed by atoms with Crippen LogP contribution in [0.4, 0.5) is 25.2 Å². The highest BCUT2D eigenvalue weighted by atomic mass is 32.3. The summed E-state index contributed by atoms with van der Waals surface area (Å²) in [6, 6.07) is 20.2. The normalized spacial score (nSPS) is 11.5. The molecule has 1 heterocycles. The second-order valence-corrected chi connectivity index (χ2v) is 11.4. The van der Waals surface area contributed by atoms with Gasteiger partial charge in [0.2, 0.25) is 5.95 Å². The molecular formula is C28H28F2N4O4S. The Balaban J connectivity index is 1.57. The van der Waals surface area contributed by atoms with E-state index < -0.39 is 27.8 Å². The van der Waals surface area contributed by atoms with Gasteiger partial charge < -0.3 is 19.3 Å². The first-order valence-corrected chi connectivity index (χ1v) is 14.4. The van der Waals surface area contributed by atoms with Crippen LogP contribution in [0.15, 0.2) is 83.4 Å². The van der Waals surface area contributed by atoms with Crippen LogP contribution >= 0.6 is 0 Å². The first-order chi connectivity index (χ1) is 18.7. The summed E-state index contributed by atoms with van der Waals surface area (Å²) >= 11 is 0. The number of anilines is 2. The number of nitrogens with one attached hydrogen (secondary N) is 1. The first-order valence-electron chi connectivity index (χ1n) is 12.1. The minimum absolute atomic E-state index is 0.0613. The molecule has 0 aliphatic carbocycles. The third-order valence-electron chi connectivity index (χ3n) is 5.41. The number of aromatic nitrogens is 2. The molecule has 1 aromatic heterocycles. The molecule has 0 bridgehead atoms. The van der Waals surface area contributed by atoms with Crippen molar-refractivity contribution in [3.8, 4) is 17.0 Å². The number of amides is 1. The Labute approximate surface area is 225 Å². The van der Waals surface area contributed by atoms with Gasteiger partial charge in [-0.1, -0.05) is 52.6 Å². The number of rotatable bonds is 9. The number of hydrogen-bond acceptors (Lipinski definition) is 6. The van der Waals surface area contributed by atoms with Crippen LogP contribution in [0.3, 0.4) is 0 Å². The average molecular weight is 555 g/mol. The molecule has 0 aliphatic heterocycles. The van der Waals surface area contributed by atoms with E-state index in [9.17, 15) is 18.1 Å². The zero-order valence-corrected chi connectivity index (χ0v) is 22.2. The third-order valence-corrected chi connectivity index (χ3v) is 6.97. The average Bonchev–Trinajstić information content (AvgIpc) is 2.89. The number of thiol groups is 1. The highest BCUT2D eigenvalue weighted by Crippen LogP contribution is 2.32. The summed E-state index contributed by atoms with van der Waals surface area (Å²) in [6.45, 7) is 1.99. The molecule has 4 aromatic rings. The number of halogens is 2. The van der Waals surface area contributed by atoms with Gasteiger partial charge in [-0.25, -0.2) is 23.5 Å². The Kier molecular flexibility index (Phi) is 8.95. The van der Waals surface area contributed by atoms with Crippen molar-refractivity contribution in [1.82, 2.24) is 9.97 Å². The van der Waals surface area contributed by atoms with E-state index in [-0.39, 0.29) is 41.9 Å². The van der Waals surface area contributed by atoms with Gasteiger partial charge in [-0.2, -0.15) is 4.36 Å². The predicted molar refractivity (Wildman–Crippen MR) is 148 cm³/mol. The smallest absolute Gasteiger partial charge is 0.439 e. The van der Waals surface area contributed by atoms with E-state index >= 15 is 0 Å². The number of carbonyl (C=O) groups is 1. The van der Waals surface area contributed by atoms with Crippen LogP contribution in [0.2, 0.25) is 0 Å². The van der Waals surface area contributed by atoms with Crippen LogP contribution in [-0.4, -0.2) is 33.5 Å². The fourth-order valence-electron chi connectivity index (χ4n) is 3.75. The molecule has 0 unspecified atom stereocenters. The molecule has 2 N–H and O–H groups in total. The molecule has 0 spiro atoms. The summed E-state index contributed by atoms with van der Waals surface area (Å²) in [6.07, 6.45) is 1.73. The Morgan fingerprint density at radius 3 is 2.59 bits per heavy atom. The minimum Gasteiger partial charge on any atom is -0.488 e. The lowest BCUT2D eigenvalue weighted by Gasteiger charge is -2.18. The zero-order valence-electron chi connectivity index (χ0n) is 21.3. The molecule has 204 valence electrons. The summed E-state index contributed by atoms with van der Waals surface area (Å²) in [5.41, 5.74) is 2.36. The zero-order chi connectivity index (χ0) is 27.8. The maximum absolute atomic E-state index is 14.9. The molecule has 39 heavy (non-hydrogen) atoms. The Morgan fingerprint density at radius 1 is 1.05 bits per heavy atom. The van der Waals surface area contributed by atoms with Crippen molar-refractivity contribution in [3.05, 3.63) is 102 Å². The van der Waals surface area contributed by atoms with Crippen molar-refractivity contribution < 1.29 is 27.6 Å². The van der Waals surface area contributed by atoms with E-state index in [0.717, 1.165) is 11.8 Å². The van der Waals surface area contributed by atoms with E-state index in [1.165, 1.54) is 24.5 Å². The molecule has 3 aromatic carbocycles. The van der Waals surface area contributed by atoms with Gasteiger partial charge in [0, 0.05) is 23.1 Å². The van der Waals surface area contributed by atoms with Crippen LogP contribution in [0.25, 0.3) is 11.3 Å². The molecule has 0 atom stereocenters. The van der Waals surface area contributed by atoms with Gasteiger partial charge in [0.05, 0.1) is 12.8 Å². The maximum atomic E-state index is 14.9. The van der Waals surface area contributed by atoms with Crippen molar-refractivity contribution in [2.24, 2.45) is 4.36 Å². The van der Waals surface area contributed by atoms with E-state index in [0.29, 0.717) is 11.3 Å². The summed E-state index contributed by atoms with van der Waals surface area (Å²) in [5.74, 6) is -0.846. The van der Waals surface area contributed by atoms with E-state index in [4.69, 9.17) is 9.47 Å². The predicted octanol–water partition coefficient (Wildman–Crippen LogP) is 6.57. The van der Waals surface area contributed by atoms with E-state index in [1.807, 2.05) is 30.3 Å². The Hall–Kier alpha value is -4.22. The highest BCUT2D eigenvalue weighted by Gasteiger charge is 2.16. The van der Waals surface area contributed by atoms with Gasteiger partial charge in [0.15, 0.2) is 5.82 Å². The SMILES string of the molecule is CCOC(=O)N=[SH](C)(O)Cc1cccc(Nc2ncc(F)c(-c3ccc(F)cc3OCc3ccccc3)n2)c1. The van der Waals surface area contributed by atoms with E-state index in [2.05, 4.69) is 19.6 Å². The number of nitrogens with zero attached hydrogens (tertiary/aromatic N) is 3. The summed E-state index contributed by atoms with van der Waals surface area (Å²) < 4.78 is 54.0. The van der Waals surface area contributed by atoms with Crippen molar-refractivity contribution in [1.29, 1.82) is 0 Å². The van der Waals surface area contributed by atoms with Crippen molar-refractivity contribution >= 4 is 27.8 Å². The summed E-state index contributed by atoms with van der Waals surface area (Å²) in [7, 11) is -2.95. The molecule has 0 aliphatic rings. The quantitative estimate of drug-likeness (QED) is 0.201. The van der Waals surface area contributed by atoms with Crippen molar-refractivity contribution in [3.63, 3.8) is 0 Å². The van der Waals surface area contributed by atoms with Crippen LogP contribution < -0.4 is 10.1 Å². The van der Waals surface area contributed by atoms with Gasteiger partial charge >= 0.3 is 6.09 Å². The van der Waals surface area contributed by atoms with Gasteiger partial charge in [-0.3, -0.25) is 0 Å². The molecule has 1 amide bonds. The van der Waals surface area contributed by atoms with E-state index in [1.54, 1.807) is 31.2 Å². The second-order valence-electron chi connectivity index (χ2n) is 8.68. The molecule has 8 nitrogen and oxygen atoms in total. The van der Waals surface area contributed by atoms with Crippen LogP contribution in [-0.2, 0) is 27.2 Å². The minimum atomic E-state index is -2.95. The summed E-state index contributed by atoms with van der Waals surface area (Å²) in [5, 5.41) is 3.02. The lowest BCUT2D eigenvalue weighted by molar-refractivity contribution is 0.164. The van der Waals surface area contributed by atoms with Gasteiger partial charge in [-0.05, 0) is 48.6 Å². The standard InChI is InChI=1S/C28H28F2N4O4S/c1-3-37-28(35)34-39(2,36)18-20-10-7-11-22(14-20)32-27-31-16-24(30)26(33-27)23-13-12-21(29)15-25(23)38-17-19-8-5-4-6-9-19/h4-16,39H,3,17-18H2,1-2H3,(H,31,32,33)(H,34,35,36). The first kappa shape index (κ1) is 27.8. The molecule has 4 rings (SSSR count). The number of benzene rings is 3. The number of hydrogen-bond donors (Lipinski definition) is 3. The van der Waals surface area contributed by atoms with Crippen LogP contribution in [0.1, 0.15) is 18.1 Å².